The Kier molecular flexibility index (Phi) is 3.85. The molecule has 0 spiro atoms. The van der Waals surface area contributed by atoms with Gasteiger partial charge in [0, 0.05) is 0 Å². The molecule has 66 valence electrons. The molecule has 0 aromatic heterocycles. The fourth-order valence-corrected chi connectivity index (χ4v) is 0.369. The van der Waals surface area contributed by atoms with Gasteiger partial charge in [0.1, 0.15) is 10.7 Å². The van der Waals surface area contributed by atoms with E-state index in [0.29, 0.717) is 0 Å². The summed E-state index contributed by atoms with van der Waals surface area (Å²) in [6, 6.07) is 0. The van der Waals surface area contributed by atoms with Gasteiger partial charge in [0.2, 0.25) is 0 Å². The van der Waals surface area contributed by atoms with Crippen molar-refractivity contribution in [1.29, 1.82) is 0 Å². The molecule has 6 heteroatoms. The molecular formula is C6H6ClNO4. The summed E-state index contributed by atoms with van der Waals surface area (Å²) in [5.41, 5.74) is 4.45. The van der Waals surface area contributed by atoms with Crippen LogP contribution in [0.2, 0.25) is 0 Å². The van der Waals surface area contributed by atoms with E-state index in [1.165, 1.54) is 0 Å². The van der Waals surface area contributed by atoms with Gasteiger partial charge < -0.3 is 15.9 Å². The first kappa shape index (κ1) is 10.5. The van der Waals surface area contributed by atoms with E-state index >= 15 is 0 Å². The molecule has 0 aliphatic rings. The van der Waals surface area contributed by atoms with Crippen LogP contribution in [0.25, 0.3) is 0 Å². The predicted octanol–water partition coefficient (Wildman–Crippen LogP) is 0.121. The van der Waals surface area contributed by atoms with Crippen LogP contribution >= 0.6 is 11.6 Å². The number of halogens is 1. The summed E-state index contributed by atoms with van der Waals surface area (Å²) in [5.74, 6) is -2.67. The van der Waals surface area contributed by atoms with Crippen LogP contribution in [-0.4, -0.2) is 22.2 Å². The molecule has 0 saturated carbocycles. The molecule has 0 fully saturated rings. The molecule has 0 atom stereocenters. The second-order valence-corrected chi connectivity index (χ2v) is 2.15. The first-order valence-electron chi connectivity index (χ1n) is 2.74. The summed E-state index contributed by atoms with van der Waals surface area (Å²) in [4.78, 5) is 20.1. The second-order valence-electron chi connectivity index (χ2n) is 1.75. The summed E-state index contributed by atoms with van der Waals surface area (Å²) in [5, 5.41) is 15.9. The van der Waals surface area contributed by atoms with E-state index in [2.05, 4.69) is 0 Å². The number of allylic oxidation sites excluding steroid dienone is 2. The normalized spacial score (nSPS) is 12.8. The van der Waals surface area contributed by atoms with Gasteiger partial charge in [-0.3, -0.25) is 0 Å². The summed E-state index contributed by atoms with van der Waals surface area (Å²) >= 11 is 5.13. The highest BCUT2D eigenvalue weighted by Gasteiger charge is 2.02. The Bertz CT molecular complexity index is 241. The van der Waals surface area contributed by atoms with Crippen molar-refractivity contribution in [3.05, 3.63) is 22.9 Å². The Morgan fingerprint density at radius 1 is 1.17 bits per heavy atom. The van der Waals surface area contributed by atoms with Gasteiger partial charge in [0.05, 0.1) is 0 Å². The van der Waals surface area contributed by atoms with E-state index in [0.717, 1.165) is 12.2 Å². The average Bonchev–Trinajstić information content (AvgIpc) is 1.98. The fraction of sp³-hybridized carbons (Fsp3) is 0. The van der Waals surface area contributed by atoms with Crippen molar-refractivity contribution in [2.75, 3.05) is 0 Å². The molecule has 0 aliphatic heterocycles. The summed E-state index contributed by atoms with van der Waals surface area (Å²) in [6.07, 6.45) is 1.80. The molecule has 4 N–H and O–H groups in total. The molecular weight excluding hydrogens is 186 g/mol. The highest BCUT2D eigenvalue weighted by atomic mass is 35.5. The van der Waals surface area contributed by atoms with Crippen LogP contribution in [0.5, 0.6) is 0 Å². The Labute approximate surface area is 72.7 Å². The minimum atomic E-state index is -1.34. The van der Waals surface area contributed by atoms with Crippen LogP contribution in [0.1, 0.15) is 0 Å². The molecule has 0 aromatic rings. The van der Waals surface area contributed by atoms with Gasteiger partial charge in [-0.2, -0.15) is 0 Å². The summed E-state index contributed by atoms with van der Waals surface area (Å²) in [7, 11) is 0. The zero-order valence-electron chi connectivity index (χ0n) is 5.82. The standard InChI is InChI=1S/C6H6ClNO4/c7-3(5(9)10)1-2-4(8)6(11)12/h1-2H,8H2,(H,9,10)(H,11,12)/b3-1+,4-2+. The second kappa shape index (κ2) is 4.40. The van der Waals surface area contributed by atoms with E-state index < -0.39 is 22.7 Å². The lowest BCUT2D eigenvalue weighted by Gasteiger charge is -1.89. The minimum absolute atomic E-state index is 0.477. The topological polar surface area (TPSA) is 101 Å². The molecule has 5 nitrogen and oxygen atoms in total. The Morgan fingerprint density at radius 2 is 1.67 bits per heavy atom. The highest BCUT2D eigenvalue weighted by Crippen LogP contribution is 2.01. The zero-order chi connectivity index (χ0) is 9.72. The lowest BCUT2D eigenvalue weighted by molar-refractivity contribution is -0.133. The average molecular weight is 192 g/mol. The maximum absolute atomic E-state index is 10.1. The molecule has 12 heavy (non-hydrogen) atoms. The minimum Gasteiger partial charge on any atom is -0.477 e. The molecule has 0 heterocycles. The van der Waals surface area contributed by atoms with Gasteiger partial charge in [-0.05, 0) is 12.2 Å². The molecule has 0 amide bonds. The van der Waals surface area contributed by atoms with Crippen molar-refractivity contribution in [2.24, 2.45) is 5.73 Å². The van der Waals surface area contributed by atoms with Crippen LogP contribution in [-0.2, 0) is 9.59 Å². The number of carboxylic acids is 2. The smallest absolute Gasteiger partial charge is 0.351 e. The Hall–Kier alpha value is -1.49. The monoisotopic (exact) mass is 191 g/mol. The quantitative estimate of drug-likeness (QED) is 0.435. The molecule has 0 unspecified atom stereocenters. The molecule has 0 radical (unpaired) electrons. The van der Waals surface area contributed by atoms with Crippen molar-refractivity contribution in [2.45, 2.75) is 0 Å². The third kappa shape index (κ3) is 3.62. The third-order valence-electron chi connectivity index (χ3n) is 0.860. The van der Waals surface area contributed by atoms with E-state index in [-0.39, 0.29) is 0 Å². The van der Waals surface area contributed by atoms with Crippen LogP contribution in [0.15, 0.2) is 22.9 Å². The largest absolute Gasteiger partial charge is 0.477 e. The van der Waals surface area contributed by atoms with Gasteiger partial charge in [0.25, 0.3) is 0 Å². The lowest BCUT2D eigenvalue weighted by atomic mass is 10.4. The van der Waals surface area contributed by atoms with Crippen molar-refractivity contribution >= 4 is 23.5 Å². The van der Waals surface area contributed by atoms with Gasteiger partial charge >= 0.3 is 11.9 Å². The van der Waals surface area contributed by atoms with Crippen LogP contribution in [0.3, 0.4) is 0 Å². The molecule has 0 saturated heterocycles. The van der Waals surface area contributed by atoms with Crippen molar-refractivity contribution in [3.63, 3.8) is 0 Å². The predicted molar refractivity (Wildman–Crippen MR) is 41.5 cm³/mol. The Morgan fingerprint density at radius 3 is 2.00 bits per heavy atom. The van der Waals surface area contributed by atoms with Gasteiger partial charge in [-0.15, -0.1) is 0 Å². The number of carboxylic acid groups (broad SMARTS) is 2. The van der Waals surface area contributed by atoms with Crippen LogP contribution in [0, 0.1) is 0 Å². The summed E-state index contributed by atoms with van der Waals surface area (Å²) in [6.45, 7) is 0. The molecule has 0 aliphatic carbocycles. The first-order valence-corrected chi connectivity index (χ1v) is 3.12. The number of rotatable bonds is 3. The SMILES string of the molecule is N/C(=C/C=C(/Cl)C(=O)O)C(=O)O. The number of hydrogen-bond acceptors (Lipinski definition) is 3. The number of aliphatic carboxylic acids is 2. The highest BCUT2D eigenvalue weighted by molar-refractivity contribution is 6.41. The van der Waals surface area contributed by atoms with Crippen molar-refractivity contribution in [3.8, 4) is 0 Å². The third-order valence-corrected chi connectivity index (χ3v) is 1.15. The van der Waals surface area contributed by atoms with Crippen LogP contribution < -0.4 is 5.73 Å². The summed E-state index contributed by atoms with van der Waals surface area (Å²) < 4.78 is 0. The number of carbonyl (C=O) groups is 2. The zero-order valence-corrected chi connectivity index (χ0v) is 6.58. The number of nitrogens with two attached hydrogens (primary N) is 1. The lowest BCUT2D eigenvalue weighted by Crippen LogP contribution is -2.09. The van der Waals surface area contributed by atoms with Gasteiger partial charge in [-0.1, -0.05) is 11.6 Å². The van der Waals surface area contributed by atoms with Gasteiger partial charge in [-0.25, -0.2) is 9.59 Å². The maximum Gasteiger partial charge on any atom is 0.351 e. The van der Waals surface area contributed by atoms with Crippen molar-refractivity contribution in [1.82, 2.24) is 0 Å². The molecule has 0 aromatic carbocycles. The number of hydrogen-bond donors (Lipinski definition) is 3. The van der Waals surface area contributed by atoms with Crippen molar-refractivity contribution < 1.29 is 19.8 Å². The molecule has 0 bridgehead atoms. The van der Waals surface area contributed by atoms with Gasteiger partial charge in [0.15, 0.2) is 0 Å². The van der Waals surface area contributed by atoms with Crippen LogP contribution in [0.4, 0.5) is 0 Å². The van der Waals surface area contributed by atoms with E-state index in [9.17, 15) is 9.59 Å². The Balaban J connectivity index is 4.48. The van der Waals surface area contributed by atoms with E-state index in [1.54, 1.807) is 0 Å². The van der Waals surface area contributed by atoms with E-state index in [1.807, 2.05) is 0 Å². The van der Waals surface area contributed by atoms with E-state index in [4.69, 9.17) is 27.5 Å². The first-order chi connectivity index (χ1) is 5.45. The maximum atomic E-state index is 10.1. The molecule has 0 rings (SSSR count). The fourth-order valence-electron chi connectivity index (χ4n) is 0.306.